The van der Waals surface area contributed by atoms with Crippen LogP contribution >= 0.6 is 15.9 Å². The minimum atomic E-state index is -0.430. The van der Waals surface area contributed by atoms with E-state index in [-0.39, 0.29) is 17.5 Å². The van der Waals surface area contributed by atoms with Gasteiger partial charge in [-0.25, -0.2) is 0 Å². The van der Waals surface area contributed by atoms with E-state index in [0.29, 0.717) is 42.8 Å². The number of nitrogens with zero attached hydrogens (tertiary/aromatic N) is 2. The average Bonchev–Trinajstić information content (AvgIpc) is 3.05. The molecule has 1 fully saturated rings. The van der Waals surface area contributed by atoms with Gasteiger partial charge in [-0.3, -0.25) is 14.9 Å². The third-order valence-corrected chi connectivity index (χ3v) is 4.21. The SMILES string of the molecule is O=C(C1CCOC1)N1CCc2cc(Br)cc([N+](=O)[O-])c21. The van der Waals surface area contributed by atoms with Gasteiger partial charge < -0.3 is 9.64 Å². The molecule has 7 heteroatoms. The fraction of sp³-hybridized carbons (Fsp3) is 0.462. The van der Waals surface area contributed by atoms with E-state index in [1.165, 1.54) is 6.07 Å². The highest BCUT2D eigenvalue weighted by molar-refractivity contribution is 9.10. The summed E-state index contributed by atoms with van der Waals surface area (Å²) in [7, 11) is 0. The van der Waals surface area contributed by atoms with Crippen LogP contribution in [0.5, 0.6) is 0 Å². The fourth-order valence-electron chi connectivity index (χ4n) is 2.80. The van der Waals surface area contributed by atoms with Crippen LogP contribution < -0.4 is 4.90 Å². The van der Waals surface area contributed by atoms with Gasteiger partial charge in [0.1, 0.15) is 5.69 Å². The topological polar surface area (TPSA) is 72.7 Å². The molecule has 1 saturated heterocycles. The van der Waals surface area contributed by atoms with Gasteiger partial charge in [-0.2, -0.15) is 0 Å². The van der Waals surface area contributed by atoms with Gasteiger partial charge in [0, 0.05) is 23.7 Å². The maximum atomic E-state index is 12.5. The number of carbonyl (C=O) groups excluding carboxylic acids is 1. The molecule has 0 bridgehead atoms. The maximum Gasteiger partial charge on any atom is 0.294 e. The largest absolute Gasteiger partial charge is 0.381 e. The van der Waals surface area contributed by atoms with Crippen molar-refractivity contribution in [2.24, 2.45) is 5.92 Å². The first-order chi connectivity index (χ1) is 9.58. The number of nitro benzene ring substituents is 1. The molecule has 3 rings (SSSR count). The Labute approximate surface area is 124 Å². The lowest BCUT2D eigenvalue weighted by molar-refractivity contribution is -0.384. The van der Waals surface area contributed by atoms with E-state index in [1.807, 2.05) is 6.07 Å². The van der Waals surface area contributed by atoms with Crippen LogP contribution in [0, 0.1) is 16.0 Å². The van der Waals surface area contributed by atoms with Gasteiger partial charge in [0.05, 0.1) is 17.4 Å². The number of amides is 1. The maximum absolute atomic E-state index is 12.5. The van der Waals surface area contributed by atoms with Crippen LogP contribution in [0.25, 0.3) is 0 Å². The molecule has 1 unspecified atom stereocenters. The second-order valence-corrected chi connectivity index (χ2v) is 5.91. The van der Waals surface area contributed by atoms with E-state index < -0.39 is 4.92 Å². The van der Waals surface area contributed by atoms with Crippen molar-refractivity contribution in [2.75, 3.05) is 24.7 Å². The summed E-state index contributed by atoms with van der Waals surface area (Å²) < 4.78 is 5.90. The lowest BCUT2D eigenvalue weighted by Crippen LogP contribution is -2.35. The van der Waals surface area contributed by atoms with E-state index >= 15 is 0 Å². The molecule has 6 nitrogen and oxygen atoms in total. The number of fused-ring (bicyclic) bond motifs is 1. The molecule has 0 saturated carbocycles. The first-order valence-corrected chi connectivity index (χ1v) is 7.23. The predicted molar refractivity (Wildman–Crippen MR) is 75.8 cm³/mol. The van der Waals surface area contributed by atoms with Crippen molar-refractivity contribution in [3.8, 4) is 0 Å². The number of halogens is 1. The molecule has 0 aromatic heterocycles. The summed E-state index contributed by atoms with van der Waals surface area (Å²) in [4.78, 5) is 24.8. The highest BCUT2D eigenvalue weighted by atomic mass is 79.9. The number of benzene rings is 1. The van der Waals surface area contributed by atoms with E-state index in [9.17, 15) is 14.9 Å². The summed E-state index contributed by atoms with van der Waals surface area (Å²) in [6.45, 7) is 1.50. The molecule has 1 aromatic carbocycles. The molecule has 1 aromatic rings. The molecule has 0 spiro atoms. The van der Waals surface area contributed by atoms with Crippen LogP contribution in [0.15, 0.2) is 16.6 Å². The van der Waals surface area contributed by atoms with Crippen LogP contribution in [0.3, 0.4) is 0 Å². The lowest BCUT2D eigenvalue weighted by Gasteiger charge is -2.20. The summed E-state index contributed by atoms with van der Waals surface area (Å²) in [6, 6.07) is 3.30. The van der Waals surface area contributed by atoms with E-state index in [1.54, 1.807) is 4.90 Å². The first-order valence-electron chi connectivity index (χ1n) is 6.44. The van der Waals surface area contributed by atoms with Crippen LogP contribution in [0.4, 0.5) is 11.4 Å². The predicted octanol–water partition coefficient (Wildman–Crippen LogP) is 2.28. The average molecular weight is 341 g/mol. The van der Waals surface area contributed by atoms with Crippen LogP contribution in [-0.4, -0.2) is 30.6 Å². The number of ether oxygens (including phenoxy) is 1. The standard InChI is InChI=1S/C13H13BrN2O4/c14-10-5-8-1-3-15(12(8)11(6-10)16(18)19)13(17)9-2-4-20-7-9/h5-6,9H,1-4,7H2. The minimum absolute atomic E-state index is 0.0147. The Morgan fingerprint density at radius 3 is 2.95 bits per heavy atom. The molecule has 2 heterocycles. The van der Waals surface area contributed by atoms with E-state index in [0.717, 1.165) is 5.56 Å². The van der Waals surface area contributed by atoms with Crippen molar-refractivity contribution in [3.05, 3.63) is 32.3 Å². The van der Waals surface area contributed by atoms with Crippen molar-refractivity contribution in [3.63, 3.8) is 0 Å². The quantitative estimate of drug-likeness (QED) is 0.611. The Morgan fingerprint density at radius 2 is 2.30 bits per heavy atom. The van der Waals surface area contributed by atoms with Crippen molar-refractivity contribution < 1.29 is 14.5 Å². The second kappa shape index (κ2) is 5.14. The smallest absolute Gasteiger partial charge is 0.294 e. The molecule has 2 aliphatic rings. The summed E-state index contributed by atoms with van der Waals surface area (Å²) in [5.41, 5.74) is 1.28. The Bertz CT molecular complexity index is 584. The Morgan fingerprint density at radius 1 is 1.50 bits per heavy atom. The van der Waals surface area contributed by atoms with Gasteiger partial charge >= 0.3 is 0 Å². The monoisotopic (exact) mass is 340 g/mol. The second-order valence-electron chi connectivity index (χ2n) is 4.99. The molecule has 0 aliphatic carbocycles. The van der Waals surface area contributed by atoms with E-state index in [2.05, 4.69) is 15.9 Å². The van der Waals surface area contributed by atoms with Gasteiger partial charge in [0.2, 0.25) is 5.91 Å². The zero-order valence-corrected chi connectivity index (χ0v) is 12.3. The molecular weight excluding hydrogens is 328 g/mol. The molecule has 0 N–H and O–H groups in total. The summed E-state index contributed by atoms with van der Waals surface area (Å²) >= 11 is 3.28. The molecule has 106 valence electrons. The summed E-state index contributed by atoms with van der Waals surface area (Å²) in [5, 5.41) is 11.2. The zero-order chi connectivity index (χ0) is 14.3. The lowest BCUT2D eigenvalue weighted by atomic mass is 10.1. The molecule has 20 heavy (non-hydrogen) atoms. The van der Waals surface area contributed by atoms with Gasteiger partial charge in [-0.05, 0) is 24.5 Å². The van der Waals surface area contributed by atoms with Crippen molar-refractivity contribution in [2.45, 2.75) is 12.8 Å². The Hall–Kier alpha value is -1.47. The number of hydrogen-bond acceptors (Lipinski definition) is 4. The number of nitro groups is 1. The highest BCUT2D eigenvalue weighted by Crippen LogP contribution is 2.40. The zero-order valence-electron chi connectivity index (χ0n) is 10.7. The third-order valence-electron chi connectivity index (χ3n) is 3.75. The molecular formula is C13H13BrN2O4. The summed E-state index contributed by atoms with van der Waals surface area (Å²) in [5.74, 6) is -0.240. The van der Waals surface area contributed by atoms with Gasteiger partial charge in [0.15, 0.2) is 0 Å². The van der Waals surface area contributed by atoms with Gasteiger partial charge in [0.25, 0.3) is 5.69 Å². The van der Waals surface area contributed by atoms with E-state index in [4.69, 9.17) is 4.74 Å². The van der Waals surface area contributed by atoms with Gasteiger partial charge in [-0.15, -0.1) is 0 Å². The Kier molecular flexibility index (Phi) is 3.47. The van der Waals surface area contributed by atoms with Crippen molar-refractivity contribution in [1.82, 2.24) is 0 Å². The fourth-order valence-corrected chi connectivity index (χ4v) is 3.29. The van der Waals surface area contributed by atoms with Gasteiger partial charge in [-0.1, -0.05) is 15.9 Å². The number of carbonyl (C=O) groups is 1. The summed E-state index contributed by atoms with van der Waals surface area (Å²) in [6.07, 6.45) is 1.34. The Balaban J connectivity index is 2.00. The highest BCUT2D eigenvalue weighted by Gasteiger charge is 2.36. The number of rotatable bonds is 2. The molecule has 0 radical (unpaired) electrons. The van der Waals surface area contributed by atoms with Crippen molar-refractivity contribution >= 4 is 33.2 Å². The molecule has 2 aliphatic heterocycles. The third kappa shape index (κ3) is 2.20. The first kappa shape index (κ1) is 13.5. The van der Waals surface area contributed by atoms with Crippen LogP contribution in [0.2, 0.25) is 0 Å². The minimum Gasteiger partial charge on any atom is -0.381 e. The number of hydrogen-bond donors (Lipinski definition) is 0. The molecule has 1 amide bonds. The van der Waals surface area contributed by atoms with Crippen molar-refractivity contribution in [1.29, 1.82) is 0 Å². The van der Waals surface area contributed by atoms with Crippen LogP contribution in [-0.2, 0) is 16.0 Å². The van der Waals surface area contributed by atoms with Crippen LogP contribution in [0.1, 0.15) is 12.0 Å². The molecule has 1 atom stereocenters. The number of anilines is 1. The normalized spacial score (nSPS) is 21.1.